The van der Waals surface area contributed by atoms with Crippen LogP contribution in [0.1, 0.15) is 18.1 Å². The maximum Gasteiger partial charge on any atom is 0.405 e. The van der Waals surface area contributed by atoms with Crippen molar-refractivity contribution in [2.24, 2.45) is 5.73 Å². The van der Waals surface area contributed by atoms with Gasteiger partial charge in [0.05, 0.1) is 6.42 Å². The van der Waals surface area contributed by atoms with Crippen LogP contribution in [-0.4, -0.2) is 60.0 Å². The summed E-state index contributed by atoms with van der Waals surface area (Å²) in [7, 11) is 0. The first-order valence-electron chi connectivity index (χ1n) is 7.37. The summed E-state index contributed by atoms with van der Waals surface area (Å²) in [4.78, 5) is 30.2. The van der Waals surface area contributed by atoms with Gasteiger partial charge in [0, 0.05) is 26.2 Å². The third-order valence-electron chi connectivity index (χ3n) is 3.62. The summed E-state index contributed by atoms with van der Waals surface area (Å²) in [5, 5.41) is 10.3. The Morgan fingerprint density at radius 2 is 1.83 bits per heavy atom. The van der Waals surface area contributed by atoms with Crippen LogP contribution in [0.2, 0.25) is 0 Å². The van der Waals surface area contributed by atoms with Crippen molar-refractivity contribution < 1.29 is 24.3 Å². The number of nitrogens with zero attached hydrogens (tertiary/aromatic N) is 2. The van der Waals surface area contributed by atoms with Gasteiger partial charge < -0.3 is 20.5 Å². The number of nitrogens with two attached hydrogens (primary N) is 1. The van der Waals surface area contributed by atoms with Crippen molar-refractivity contribution in [2.45, 2.75) is 12.5 Å². The first-order chi connectivity index (χ1) is 11.1. The van der Waals surface area contributed by atoms with E-state index in [0.717, 1.165) is 5.56 Å². The smallest absolute Gasteiger partial charge is 0.405 e. The molecule has 3 N–H and O–H groups in total. The molecular weight excluding hydrogens is 302 g/mol. The Morgan fingerprint density at radius 1 is 1.17 bits per heavy atom. The third-order valence-corrected chi connectivity index (χ3v) is 3.62. The van der Waals surface area contributed by atoms with E-state index in [2.05, 4.69) is 0 Å². The number of piperazine rings is 1. The molecule has 126 valence electrons. The van der Waals surface area contributed by atoms with E-state index in [4.69, 9.17) is 20.4 Å². The molecule has 1 saturated heterocycles. The summed E-state index contributed by atoms with van der Waals surface area (Å²) in [6, 6.07) is 9.03. The second-order valence-corrected chi connectivity index (χ2v) is 5.11. The number of aliphatic hydroxyl groups is 1. The molecule has 1 aromatic carbocycles. The average molecular weight is 323 g/mol. The average Bonchev–Trinajstić information content (AvgIpc) is 2.55. The first-order valence-corrected chi connectivity index (χ1v) is 7.37. The van der Waals surface area contributed by atoms with Crippen molar-refractivity contribution in [1.82, 2.24) is 9.96 Å². The highest BCUT2D eigenvalue weighted by atomic mass is 16.7. The number of carbonyl (C=O) groups excluding carboxylic acids is 2. The van der Waals surface area contributed by atoms with E-state index >= 15 is 0 Å². The van der Waals surface area contributed by atoms with E-state index in [0.29, 0.717) is 26.2 Å². The molecule has 0 spiro atoms. The van der Waals surface area contributed by atoms with Gasteiger partial charge in [0.25, 0.3) is 0 Å². The number of hydrogen-bond donors (Lipinski definition) is 2. The highest BCUT2D eigenvalue weighted by molar-refractivity contribution is 5.77. The fraction of sp³-hybridized carbons (Fsp3) is 0.467. The van der Waals surface area contributed by atoms with Gasteiger partial charge in [-0.25, -0.2) is 4.79 Å². The zero-order valence-corrected chi connectivity index (χ0v) is 12.8. The van der Waals surface area contributed by atoms with Crippen molar-refractivity contribution in [1.29, 1.82) is 0 Å². The van der Waals surface area contributed by atoms with Crippen molar-refractivity contribution >= 4 is 12.0 Å². The molecule has 1 aliphatic heterocycles. The molecule has 1 atom stereocenters. The van der Waals surface area contributed by atoms with Crippen molar-refractivity contribution in [3.63, 3.8) is 0 Å². The molecule has 2 amide bonds. The Hall–Kier alpha value is -2.16. The number of aliphatic hydroxyl groups excluding tert-OH is 1. The number of hydroxylamine groups is 2. The minimum absolute atomic E-state index is 0.0355. The lowest BCUT2D eigenvalue weighted by molar-refractivity contribution is -0.221. The minimum Gasteiger partial charge on any atom is -0.441 e. The van der Waals surface area contributed by atoms with Gasteiger partial charge in [-0.1, -0.05) is 30.3 Å². The summed E-state index contributed by atoms with van der Waals surface area (Å²) in [5.74, 6) is -0.122. The molecule has 1 heterocycles. The lowest BCUT2D eigenvalue weighted by Gasteiger charge is -2.34. The van der Waals surface area contributed by atoms with Gasteiger partial charge in [0.1, 0.15) is 6.10 Å². The quantitative estimate of drug-likeness (QED) is 0.727. The number of benzene rings is 1. The Balaban J connectivity index is 1.94. The maximum absolute atomic E-state index is 12.4. The van der Waals surface area contributed by atoms with Gasteiger partial charge in [-0.15, -0.1) is 0 Å². The largest absolute Gasteiger partial charge is 0.441 e. The van der Waals surface area contributed by atoms with Crippen LogP contribution in [0, 0.1) is 0 Å². The van der Waals surface area contributed by atoms with Crippen LogP contribution < -0.4 is 5.73 Å². The molecule has 0 aliphatic carbocycles. The van der Waals surface area contributed by atoms with Crippen LogP contribution in [0.4, 0.5) is 4.79 Å². The topological polar surface area (TPSA) is 105 Å². The van der Waals surface area contributed by atoms with E-state index in [9.17, 15) is 9.59 Å². The lowest BCUT2D eigenvalue weighted by Crippen LogP contribution is -2.49. The molecule has 8 nitrogen and oxygen atoms in total. The van der Waals surface area contributed by atoms with E-state index in [1.807, 2.05) is 18.2 Å². The predicted octanol–water partition coefficient (Wildman–Crippen LogP) is 0.239. The SMILES string of the molecule is NC(=O)OC(CC(=O)N1CCN(OCO)CC1)c1ccccc1. The number of carbonyl (C=O) groups is 2. The van der Waals surface area contributed by atoms with Crippen LogP contribution in [-0.2, 0) is 14.4 Å². The second-order valence-electron chi connectivity index (χ2n) is 5.11. The Kier molecular flexibility index (Phi) is 6.33. The van der Waals surface area contributed by atoms with E-state index in [1.165, 1.54) is 0 Å². The molecule has 0 aromatic heterocycles. The Bertz CT molecular complexity index is 517. The van der Waals surface area contributed by atoms with Gasteiger partial charge in [-0.2, -0.15) is 5.06 Å². The summed E-state index contributed by atoms with van der Waals surface area (Å²) < 4.78 is 5.08. The summed E-state index contributed by atoms with van der Waals surface area (Å²) >= 11 is 0. The van der Waals surface area contributed by atoms with E-state index < -0.39 is 12.2 Å². The summed E-state index contributed by atoms with van der Waals surface area (Å²) in [5.41, 5.74) is 5.83. The highest BCUT2D eigenvalue weighted by Crippen LogP contribution is 2.22. The first kappa shape index (κ1) is 17.2. The standard InChI is InChI=1S/C15H21N3O5/c16-15(21)23-13(12-4-2-1-3-5-12)10-14(20)17-6-8-18(9-7-17)22-11-19/h1-5,13,19H,6-11H2,(H2,16,21). The molecular formula is C15H21N3O5. The van der Waals surface area contributed by atoms with E-state index in [1.54, 1.807) is 22.1 Å². The molecule has 2 rings (SSSR count). The lowest BCUT2D eigenvalue weighted by atomic mass is 10.1. The van der Waals surface area contributed by atoms with Crippen LogP contribution in [0.15, 0.2) is 30.3 Å². The van der Waals surface area contributed by atoms with Crippen LogP contribution >= 0.6 is 0 Å². The molecule has 8 heteroatoms. The summed E-state index contributed by atoms with van der Waals surface area (Å²) in [6.07, 6.45) is -1.57. The van der Waals surface area contributed by atoms with Crippen LogP contribution in [0.5, 0.6) is 0 Å². The number of hydrogen-bond acceptors (Lipinski definition) is 6. The third kappa shape index (κ3) is 5.20. The molecule has 0 bridgehead atoms. The molecule has 1 aromatic rings. The number of primary amides is 1. The molecule has 0 saturated carbocycles. The van der Waals surface area contributed by atoms with Gasteiger partial charge >= 0.3 is 6.09 Å². The van der Waals surface area contributed by atoms with Crippen molar-refractivity contribution in [3.05, 3.63) is 35.9 Å². The van der Waals surface area contributed by atoms with Gasteiger partial charge in [0.15, 0.2) is 6.79 Å². The normalized spacial score (nSPS) is 16.8. The fourth-order valence-electron chi connectivity index (χ4n) is 2.47. The highest BCUT2D eigenvalue weighted by Gasteiger charge is 2.26. The molecule has 1 aliphatic rings. The maximum atomic E-state index is 12.4. The van der Waals surface area contributed by atoms with Gasteiger partial charge in [-0.05, 0) is 5.56 Å². The van der Waals surface area contributed by atoms with Crippen molar-refractivity contribution in [3.8, 4) is 0 Å². The minimum atomic E-state index is -0.909. The number of ether oxygens (including phenoxy) is 1. The van der Waals surface area contributed by atoms with E-state index in [-0.39, 0.29) is 19.1 Å². The van der Waals surface area contributed by atoms with Gasteiger partial charge in [0.2, 0.25) is 5.91 Å². The summed E-state index contributed by atoms with van der Waals surface area (Å²) in [6.45, 7) is 1.61. The molecule has 1 fully saturated rings. The zero-order valence-electron chi connectivity index (χ0n) is 12.8. The van der Waals surface area contributed by atoms with Gasteiger partial charge in [-0.3, -0.25) is 9.63 Å². The van der Waals surface area contributed by atoms with Crippen LogP contribution in [0.3, 0.4) is 0 Å². The monoisotopic (exact) mass is 323 g/mol. The second kappa shape index (κ2) is 8.47. The fourth-order valence-corrected chi connectivity index (χ4v) is 2.47. The molecule has 23 heavy (non-hydrogen) atoms. The Labute approximate surface area is 134 Å². The van der Waals surface area contributed by atoms with Crippen molar-refractivity contribution in [2.75, 3.05) is 33.0 Å². The Morgan fingerprint density at radius 3 is 2.39 bits per heavy atom. The zero-order chi connectivity index (χ0) is 16.7. The molecule has 0 radical (unpaired) electrons. The number of amides is 2. The van der Waals surface area contributed by atoms with Crippen LogP contribution in [0.25, 0.3) is 0 Å². The number of rotatable bonds is 6. The predicted molar refractivity (Wildman–Crippen MR) is 80.8 cm³/mol. The molecule has 1 unspecified atom stereocenters.